The van der Waals surface area contributed by atoms with E-state index in [0.29, 0.717) is 18.8 Å². The Bertz CT molecular complexity index is 1710. The molecule has 4 amide bonds. The number of hydrazine groups is 1. The molecule has 11 heteroatoms. The highest BCUT2D eigenvalue weighted by Crippen LogP contribution is 2.28. The van der Waals surface area contributed by atoms with Crippen LogP contribution in [0.2, 0.25) is 0 Å². The van der Waals surface area contributed by atoms with Gasteiger partial charge in [0.1, 0.15) is 18.0 Å². The van der Waals surface area contributed by atoms with Crippen molar-refractivity contribution in [3.8, 4) is 5.75 Å². The number of carbonyl (C=O) groups excluding carboxylic acids is 3. The van der Waals surface area contributed by atoms with Crippen LogP contribution < -0.4 is 15.5 Å². The molecule has 2 aliphatic rings. The van der Waals surface area contributed by atoms with Crippen LogP contribution in [0.25, 0.3) is 10.8 Å². The van der Waals surface area contributed by atoms with Crippen LogP contribution in [0.3, 0.4) is 0 Å². The molecule has 0 radical (unpaired) electrons. The van der Waals surface area contributed by atoms with Crippen molar-refractivity contribution in [2.75, 3.05) is 19.7 Å². The first-order chi connectivity index (χ1) is 21.9. The second-order valence-corrected chi connectivity index (χ2v) is 11.0. The predicted octanol–water partition coefficient (Wildman–Crippen LogP) is 3.14. The Labute approximate surface area is 259 Å². The molecule has 3 N–H and O–H groups in total. The standard InChI is InChI=1S/C34H33N5O6/c40-31-19-36-39(34(44)35-18-24-7-2-1-3-8-24)30-21-37(20-26-11-6-10-25-9-4-5-12-28(25)26)33(43)29(38(30)31)17-23-13-15-27(16-14-23)45-22-32(41)42/h1-16,29-30,36H,17-22H2,(H,35,44)(H,41,42)/t29-,30-/m0/s1. The highest BCUT2D eigenvalue weighted by molar-refractivity contribution is 5.92. The maximum Gasteiger partial charge on any atom is 0.341 e. The van der Waals surface area contributed by atoms with Gasteiger partial charge in [-0.3, -0.25) is 9.59 Å². The first-order valence-corrected chi connectivity index (χ1v) is 14.7. The largest absolute Gasteiger partial charge is 0.482 e. The number of amides is 4. The first kappa shape index (κ1) is 29.6. The minimum Gasteiger partial charge on any atom is -0.482 e. The zero-order valence-corrected chi connectivity index (χ0v) is 24.5. The number of benzene rings is 4. The molecular formula is C34H33N5O6. The lowest BCUT2D eigenvalue weighted by atomic mass is 9.97. The molecule has 2 heterocycles. The topological polar surface area (TPSA) is 132 Å². The maximum absolute atomic E-state index is 14.2. The van der Waals surface area contributed by atoms with E-state index < -0.39 is 30.8 Å². The number of fused-ring (bicyclic) bond motifs is 2. The summed E-state index contributed by atoms with van der Waals surface area (Å²) in [7, 11) is 0. The molecule has 4 aromatic carbocycles. The molecule has 0 aromatic heterocycles. The fourth-order valence-corrected chi connectivity index (χ4v) is 5.93. The van der Waals surface area contributed by atoms with Gasteiger partial charge in [-0.15, -0.1) is 0 Å². The molecule has 2 aliphatic heterocycles. The Kier molecular flexibility index (Phi) is 8.61. The smallest absolute Gasteiger partial charge is 0.341 e. The van der Waals surface area contributed by atoms with Crippen LogP contribution >= 0.6 is 0 Å². The summed E-state index contributed by atoms with van der Waals surface area (Å²) in [4.78, 5) is 55.3. The number of ether oxygens (including phenoxy) is 1. The summed E-state index contributed by atoms with van der Waals surface area (Å²) in [5.74, 6) is -1.20. The van der Waals surface area contributed by atoms with Gasteiger partial charge in [0.05, 0.1) is 13.1 Å². The van der Waals surface area contributed by atoms with E-state index in [1.807, 2.05) is 72.8 Å². The van der Waals surface area contributed by atoms with Crippen molar-refractivity contribution in [2.45, 2.75) is 31.7 Å². The highest BCUT2D eigenvalue weighted by atomic mass is 16.5. The Hall–Kier alpha value is -5.42. The summed E-state index contributed by atoms with van der Waals surface area (Å²) in [6, 6.07) is 29.0. The minimum atomic E-state index is -1.08. The molecule has 0 aliphatic carbocycles. The molecule has 2 saturated heterocycles. The van der Waals surface area contributed by atoms with E-state index in [2.05, 4.69) is 10.7 Å². The number of rotatable bonds is 9. The van der Waals surface area contributed by atoms with Gasteiger partial charge in [-0.2, -0.15) is 0 Å². The third-order valence-electron chi connectivity index (χ3n) is 8.09. The molecular weight excluding hydrogens is 574 g/mol. The van der Waals surface area contributed by atoms with E-state index in [0.717, 1.165) is 27.5 Å². The quantitative estimate of drug-likeness (QED) is 0.267. The van der Waals surface area contributed by atoms with E-state index >= 15 is 0 Å². The zero-order valence-electron chi connectivity index (χ0n) is 24.5. The van der Waals surface area contributed by atoms with Crippen molar-refractivity contribution in [2.24, 2.45) is 0 Å². The molecule has 0 saturated carbocycles. The number of carbonyl (C=O) groups is 4. The minimum absolute atomic E-state index is 0.123. The highest BCUT2D eigenvalue weighted by Gasteiger charge is 2.49. The second-order valence-electron chi connectivity index (χ2n) is 11.0. The summed E-state index contributed by atoms with van der Waals surface area (Å²) < 4.78 is 5.25. The third-order valence-corrected chi connectivity index (χ3v) is 8.09. The lowest BCUT2D eigenvalue weighted by molar-refractivity contribution is -0.170. The van der Waals surface area contributed by atoms with Gasteiger partial charge >= 0.3 is 12.0 Å². The van der Waals surface area contributed by atoms with Crippen LogP contribution in [-0.4, -0.2) is 75.6 Å². The number of nitrogens with zero attached hydrogens (tertiary/aromatic N) is 3. The molecule has 0 spiro atoms. The summed E-state index contributed by atoms with van der Waals surface area (Å²) in [6.07, 6.45) is -0.552. The van der Waals surface area contributed by atoms with Crippen LogP contribution in [0.1, 0.15) is 16.7 Å². The summed E-state index contributed by atoms with van der Waals surface area (Å²) in [5.41, 5.74) is 5.63. The zero-order chi connectivity index (χ0) is 31.3. The number of piperazine rings is 1. The van der Waals surface area contributed by atoms with Crippen molar-refractivity contribution < 1.29 is 29.0 Å². The van der Waals surface area contributed by atoms with Crippen molar-refractivity contribution >= 4 is 34.6 Å². The van der Waals surface area contributed by atoms with Crippen LogP contribution in [0.5, 0.6) is 5.75 Å². The average molecular weight is 608 g/mol. The summed E-state index contributed by atoms with van der Waals surface area (Å²) >= 11 is 0. The van der Waals surface area contributed by atoms with Crippen LogP contribution in [0.4, 0.5) is 4.79 Å². The van der Waals surface area contributed by atoms with E-state index in [1.54, 1.807) is 29.2 Å². The van der Waals surface area contributed by atoms with E-state index in [1.165, 1.54) is 9.91 Å². The van der Waals surface area contributed by atoms with E-state index in [4.69, 9.17) is 9.84 Å². The van der Waals surface area contributed by atoms with Gasteiger partial charge in [-0.05, 0) is 39.6 Å². The Morgan fingerprint density at radius 1 is 0.889 bits per heavy atom. The molecule has 0 bridgehead atoms. The number of hydrogen-bond donors (Lipinski definition) is 3. The molecule has 230 valence electrons. The second kappa shape index (κ2) is 13.1. The van der Waals surface area contributed by atoms with Gasteiger partial charge in [0, 0.05) is 19.5 Å². The van der Waals surface area contributed by atoms with E-state index in [9.17, 15) is 19.2 Å². The van der Waals surface area contributed by atoms with Gasteiger partial charge in [0.2, 0.25) is 11.8 Å². The van der Waals surface area contributed by atoms with Crippen molar-refractivity contribution in [3.05, 3.63) is 114 Å². The number of carboxylic acid groups (broad SMARTS) is 1. The predicted molar refractivity (Wildman–Crippen MR) is 166 cm³/mol. The molecule has 2 fully saturated rings. The third kappa shape index (κ3) is 6.58. The number of hydrogen-bond acceptors (Lipinski definition) is 6. The lowest BCUT2D eigenvalue weighted by Crippen LogP contribution is -2.76. The van der Waals surface area contributed by atoms with Crippen LogP contribution in [0, 0.1) is 0 Å². The molecule has 0 unspecified atom stereocenters. The molecule has 2 atom stereocenters. The SMILES string of the molecule is O=C(O)COc1ccc(C[C@H]2C(=O)N(Cc3cccc4ccccc34)C[C@@H]3N(C(=O)NCc4ccccc4)NCC(=O)N32)cc1. The van der Waals surface area contributed by atoms with Gasteiger partial charge in [0.15, 0.2) is 6.61 Å². The van der Waals surface area contributed by atoms with Gasteiger partial charge < -0.3 is 25.0 Å². The summed E-state index contributed by atoms with van der Waals surface area (Å²) in [6.45, 7) is 0.124. The molecule has 6 rings (SSSR count). The lowest BCUT2D eigenvalue weighted by Gasteiger charge is -2.52. The molecule has 4 aromatic rings. The van der Waals surface area contributed by atoms with Gasteiger partial charge in [-0.25, -0.2) is 20.0 Å². The van der Waals surface area contributed by atoms with Crippen LogP contribution in [0.15, 0.2) is 97.1 Å². The van der Waals surface area contributed by atoms with Crippen molar-refractivity contribution in [1.82, 2.24) is 25.6 Å². The summed E-state index contributed by atoms with van der Waals surface area (Å²) in [5, 5.41) is 15.3. The number of nitrogens with one attached hydrogen (secondary N) is 2. The Balaban J connectivity index is 1.29. The van der Waals surface area contributed by atoms with Gasteiger partial charge in [-0.1, -0.05) is 84.9 Å². The Morgan fingerprint density at radius 2 is 1.62 bits per heavy atom. The molecule has 45 heavy (non-hydrogen) atoms. The van der Waals surface area contributed by atoms with E-state index in [-0.39, 0.29) is 31.3 Å². The number of urea groups is 1. The van der Waals surface area contributed by atoms with Crippen molar-refractivity contribution in [3.63, 3.8) is 0 Å². The normalized spacial score (nSPS) is 18.1. The Morgan fingerprint density at radius 3 is 2.40 bits per heavy atom. The van der Waals surface area contributed by atoms with Crippen molar-refractivity contribution in [1.29, 1.82) is 0 Å². The van der Waals surface area contributed by atoms with Crippen LogP contribution in [-0.2, 0) is 33.9 Å². The number of carboxylic acids is 1. The fourth-order valence-electron chi connectivity index (χ4n) is 5.93. The number of aliphatic carboxylic acids is 1. The molecule has 11 nitrogen and oxygen atoms in total. The monoisotopic (exact) mass is 607 g/mol. The fraction of sp³-hybridized carbons (Fsp3) is 0.235. The average Bonchev–Trinajstić information content (AvgIpc) is 3.06. The maximum atomic E-state index is 14.2. The van der Waals surface area contributed by atoms with Gasteiger partial charge in [0.25, 0.3) is 0 Å². The first-order valence-electron chi connectivity index (χ1n) is 14.7.